The monoisotopic (exact) mass is 385 g/mol. The van der Waals surface area contributed by atoms with Crippen molar-refractivity contribution in [2.75, 3.05) is 6.61 Å². The van der Waals surface area contributed by atoms with Crippen LogP contribution in [0.1, 0.15) is 46.0 Å². The van der Waals surface area contributed by atoms with Crippen molar-refractivity contribution in [1.82, 2.24) is 5.32 Å². The summed E-state index contributed by atoms with van der Waals surface area (Å²) in [6.07, 6.45) is 1.80. The van der Waals surface area contributed by atoms with Crippen LogP contribution in [0.4, 0.5) is 0 Å². The Morgan fingerprint density at radius 1 is 1.15 bits per heavy atom. The number of sulfone groups is 1. The highest BCUT2D eigenvalue weighted by Gasteiger charge is 2.35. The molecule has 6 nitrogen and oxygen atoms in total. The molecule has 2 aliphatic heterocycles. The summed E-state index contributed by atoms with van der Waals surface area (Å²) in [5.74, 6) is -0.739. The maximum absolute atomic E-state index is 12.9. The summed E-state index contributed by atoms with van der Waals surface area (Å²) in [4.78, 5) is 25.1. The minimum Gasteiger partial charge on any atom is -0.376 e. The molecular weight excluding hydrogens is 366 g/mol. The summed E-state index contributed by atoms with van der Waals surface area (Å²) in [5.41, 5.74) is 0.459. The molecule has 2 aliphatic rings. The van der Waals surface area contributed by atoms with E-state index in [2.05, 4.69) is 5.32 Å². The van der Waals surface area contributed by atoms with Gasteiger partial charge in [0, 0.05) is 23.3 Å². The van der Waals surface area contributed by atoms with E-state index >= 15 is 0 Å². The number of hydrogen-bond donors (Lipinski definition) is 1. The lowest BCUT2D eigenvalue weighted by Gasteiger charge is -2.21. The molecule has 0 unspecified atom stereocenters. The fourth-order valence-corrected chi connectivity index (χ4v) is 5.28. The number of fused-ring (bicyclic) bond motifs is 2. The van der Waals surface area contributed by atoms with Crippen molar-refractivity contribution in [3.05, 3.63) is 59.2 Å². The highest BCUT2D eigenvalue weighted by atomic mass is 32.2. The number of carbonyl (C=O) groups excluding carboxylic acids is 2. The summed E-state index contributed by atoms with van der Waals surface area (Å²) in [6.45, 7) is 2.55. The van der Waals surface area contributed by atoms with E-state index in [4.69, 9.17) is 4.74 Å². The lowest BCUT2D eigenvalue weighted by molar-refractivity contribution is 0.0712. The molecule has 27 heavy (non-hydrogen) atoms. The average Bonchev–Trinajstić information content (AvgIpc) is 3.21. The van der Waals surface area contributed by atoms with Gasteiger partial charge in [0.05, 0.1) is 21.9 Å². The van der Waals surface area contributed by atoms with Crippen LogP contribution in [-0.4, -0.2) is 38.9 Å². The first kappa shape index (κ1) is 17.9. The molecule has 0 radical (unpaired) electrons. The van der Waals surface area contributed by atoms with Crippen molar-refractivity contribution in [3.8, 4) is 0 Å². The highest BCUT2D eigenvalue weighted by Crippen LogP contribution is 2.34. The third-order valence-corrected chi connectivity index (χ3v) is 6.93. The van der Waals surface area contributed by atoms with E-state index in [1.54, 1.807) is 12.1 Å². The number of benzene rings is 2. The van der Waals surface area contributed by atoms with Crippen molar-refractivity contribution < 1.29 is 22.7 Å². The van der Waals surface area contributed by atoms with Crippen LogP contribution in [0.5, 0.6) is 0 Å². The Bertz CT molecular complexity index is 1040. The van der Waals surface area contributed by atoms with E-state index in [-0.39, 0.29) is 50.3 Å². The van der Waals surface area contributed by atoms with Gasteiger partial charge in [-0.1, -0.05) is 12.1 Å². The molecule has 7 heteroatoms. The normalized spacial score (nSPS) is 21.2. The minimum atomic E-state index is -3.86. The quantitative estimate of drug-likeness (QED) is 0.748. The SMILES string of the molecule is C[C@@H](NC(=O)c1ccc2c(c1)S(=O)(=O)c1ccccc1C2=O)[C@H]1CCCO1. The van der Waals surface area contributed by atoms with Crippen LogP contribution < -0.4 is 5.32 Å². The molecule has 2 aromatic rings. The summed E-state index contributed by atoms with van der Waals surface area (Å²) in [5, 5.41) is 2.86. The van der Waals surface area contributed by atoms with Crippen molar-refractivity contribution in [1.29, 1.82) is 0 Å². The summed E-state index contributed by atoms with van der Waals surface area (Å²) in [6, 6.07) is 10.1. The van der Waals surface area contributed by atoms with Crippen LogP contribution in [0.3, 0.4) is 0 Å². The molecule has 1 saturated heterocycles. The van der Waals surface area contributed by atoms with Gasteiger partial charge in [-0.05, 0) is 50.1 Å². The zero-order valence-electron chi connectivity index (χ0n) is 14.8. The van der Waals surface area contributed by atoms with Crippen molar-refractivity contribution in [2.24, 2.45) is 0 Å². The molecule has 140 valence electrons. The first-order chi connectivity index (χ1) is 12.9. The topological polar surface area (TPSA) is 89.5 Å². The van der Waals surface area contributed by atoms with Gasteiger partial charge in [0.2, 0.25) is 9.84 Å². The smallest absolute Gasteiger partial charge is 0.251 e. The highest BCUT2D eigenvalue weighted by molar-refractivity contribution is 7.91. The summed E-state index contributed by atoms with van der Waals surface area (Å²) in [7, 11) is -3.86. The molecule has 4 rings (SSSR count). The maximum atomic E-state index is 12.9. The second-order valence-electron chi connectivity index (χ2n) is 6.85. The zero-order valence-corrected chi connectivity index (χ0v) is 15.6. The van der Waals surface area contributed by atoms with Gasteiger partial charge >= 0.3 is 0 Å². The standard InChI is InChI=1S/C20H19NO5S/c1-12(16-6-4-10-26-16)21-20(23)13-8-9-15-18(11-13)27(24,25)17-7-3-2-5-14(17)19(15)22/h2-3,5,7-9,11-12,16H,4,6,10H2,1H3,(H,21,23)/t12-,16-/m1/s1. The lowest BCUT2D eigenvalue weighted by atomic mass is 10.0. The van der Waals surface area contributed by atoms with Gasteiger partial charge in [-0.2, -0.15) is 0 Å². The first-order valence-corrected chi connectivity index (χ1v) is 10.3. The first-order valence-electron chi connectivity index (χ1n) is 8.85. The van der Waals surface area contributed by atoms with Gasteiger partial charge in [0.25, 0.3) is 5.91 Å². The van der Waals surface area contributed by atoms with Crippen molar-refractivity contribution >= 4 is 21.5 Å². The number of ketones is 1. The predicted molar refractivity (Wildman–Crippen MR) is 97.7 cm³/mol. The largest absolute Gasteiger partial charge is 0.376 e. The third kappa shape index (κ3) is 2.96. The number of rotatable bonds is 3. The van der Waals surface area contributed by atoms with Gasteiger partial charge in [-0.3, -0.25) is 9.59 Å². The number of hydrogen-bond acceptors (Lipinski definition) is 5. The predicted octanol–water partition coefficient (Wildman–Crippen LogP) is 2.36. The van der Waals surface area contributed by atoms with Crippen LogP contribution in [0.25, 0.3) is 0 Å². The van der Waals surface area contributed by atoms with Crippen LogP contribution in [0.15, 0.2) is 52.3 Å². The average molecular weight is 385 g/mol. The van der Waals surface area contributed by atoms with E-state index in [0.717, 1.165) is 12.8 Å². The van der Waals surface area contributed by atoms with Crippen LogP contribution in [0.2, 0.25) is 0 Å². The maximum Gasteiger partial charge on any atom is 0.251 e. The molecule has 0 aliphatic carbocycles. The van der Waals surface area contributed by atoms with E-state index < -0.39 is 9.84 Å². The van der Waals surface area contributed by atoms with Crippen LogP contribution in [-0.2, 0) is 14.6 Å². The molecular formula is C20H19NO5S. The van der Waals surface area contributed by atoms with Gasteiger partial charge in [0.15, 0.2) is 5.78 Å². The minimum absolute atomic E-state index is 0.0206. The number of ether oxygens (including phenoxy) is 1. The number of amides is 1. The van der Waals surface area contributed by atoms with Gasteiger partial charge in [0.1, 0.15) is 0 Å². The van der Waals surface area contributed by atoms with Gasteiger partial charge < -0.3 is 10.1 Å². The molecule has 1 amide bonds. The number of carbonyl (C=O) groups is 2. The molecule has 1 fully saturated rings. The van der Waals surface area contributed by atoms with Crippen molar-refractivity contribution in [3.63, 3.8) is 0 Å². The molecule has 2 aromatic carbocycles. The van der Waals surface area contributed by atoms with E-state index in [1.165, 1.54) is 30.3 Å². The Balaban J connectivity index is 1.68. The van der Waals surface area contributed by atoms with E-state index in [9.17, 15) is 18.0 Å². The van der Waals surface area contributed by atoms with Crippen molar-refractivity contribution in [2.45, 2.75) is 41.7 Å². The Morgan fingerprint density at radius 3 is 2.63 bits per heavy atom. The van der Waals surface area contributed by atoms with E-state index in [1.807, 2.05) is 6.92 Å². The molecule has 0 saturated carbocycles. The van der Waals surface area contributed by atoms with Crippen LogP contribution >= 0.6 is 0 Å². The molecule has 2 atom stereocenters. The van der Waals surface area contributed by atoms with Gasteiger partial charge in [-0.25, -0.2) is 8.42 Å². The molecule has 1 N–H and O–H groups in total. The Labute approximate surface area is 157 Å². The lowest BCUT2D eigenvalue weighted by Crippen LogP contribution is -2.40. The third-order valence-electron chi connectivity index (χ3n) is 5.08. The number of nitrogens with one attached hydrogen (secondary N) is 1. The second-order valence-corrected chi connectivity index (χ2v) is 8.74. The second kappa shape index (κ2) is 6.58. The molecule has 2 heterocycles. The van der Waals surface area contributed by atoms with Gasteiger partial charge in [-0.15, -0.1) is 0 Å². The molecule has 0 spiro atoms. The molecule has 0 aromatic heterocycles. The Kier molecular flexibility index (Phi) is 4.36. The fraction of sp³-hybridized carbons (Fsp3) is 0.300. The summed E-state index contributed by atoms with van der Waals surface area (Å²) < 4.78 is 31.5. The van der Waals surface area contributed by atoms with E-state index in [0.29, 0.717) is 6.61 Å². The zero-order chi connectivity index (χ0) is 19.2. The molecule has 0 bridgehead atoms. The Morgan fingerprint density at radius 2 is 1.89 bits per heavy atom. The summed E-state index contributed by atoms with van der Waals surface area (Å²) >= 11 is 0. The Hall–Kier alpha value is -2.51. The fourth-order valence-electron chi connectivity index (χ4n) is 3.61. The van der Waals surface area contributed by atoms with Crippen LogP contribution in [0, 0.1) is 0 Å².